The minimum absolute atomic E-state index is 0.291. The van der Waals surface area contributed by atoms with E-state index in [0.29, 0.717) is 16.7 Å². The lowest BCUT2D eigenvalue weighted by molar-refractivity contribution is -0.139. The molecule has 0 spiro atoms. The number of fused-ring (bicyclic) bond motifs is 3. The number of nitrogens with zero attached hydrogens (tertiary/aromatic N) is 1. The van der Waals surface area contributed by atoms with Gasteiger partial charge in [-0.05, 0) is 23.6 Å². The molecule has 3 rings (SSSR count). The second-order valence-electron chi connectivity index (χ2n) is 7.45. The van der Waals surface area contributed by atoms with Gasteiger partial charge in [-0.25, -0.2) is 4.79 Å². The van der Waals surface area contributed by atoms with Gasteiger partial charge in [-0.3, -0.25) is 4.79 Å². The Hall–Kier alpha value is -3.02. The fourth-order valence-electron chi connectivity index (χ4n) is 3.26. The SMILES string of the molecule is CN(C[C@H](O)[C@H](O)[C@@H](O)[C@@H](O)CO)C(=O)COc1ccc2c(c1)oc(=O)c1ccccc12. The van der Waals surface area contributed by atoms with Gasteiger partial charge in [-0.15, -0.1) is 0 Å². The van der Waals surface area contributed by atoms with Crippen LogP contribution in [0.1, 0.15) is 0 Å². The predicted molar refractivity (Wildman–Crippen MR) is 114 cm³/mol. The molecule has 0 aliphatic rings. The Kier molecular flexibility index (Phi) is 7.44. The molecular formula is C22H25NO9. The average molecular weight is 447 g/mol. The Balaban J connectivity index is 1.64. The molecule has 1 amide bonds. The molecule has 1 aromatic heterocycles. The number of hydrogen-bond acceptors (Lipinski definition) is 9. The first kappa shape index (κ1) is 23.6. The van der Waals surface area contributed by atoms with Gasteiger partial charge in [-0.1, -0.05) is 18.2 Å². The minimum atomic E-state index is -1.78. The molecule has 5 N–H and O–H groups in total. The first-order valence-electron chi connectivity index (χ1n) is 9.88. The summed E-state index contributed by atoms with van der Waals surface area (Å²) in [6.45, 7) is -1.54. The Labute approximate surface area is 182 Å². The Morgan fingerprint density at radius 2 is 1.66 bits per heavy atom. The summed E-state index contributed by atoms with van der Waals surface area (Å²) in [4.78, 5) is 25.6. The largest absolute Gasteiger partial charge is 0.484 e. The van der Waals surface area contributed by atoms with Gasteiger partial charge < -0.3 is 39.6 Å². The van der Waals surface area contributed by atoms with Crippen LogP contribution >= 0.6 is 0 Å². The lowest BCUT2D eigenvalue weighted by atomic mass is 10.0. The van der Waals surface area contributed by atoms with Gasteiger partial charge in [0.2, 0.25) is 0 Å². The molecular weight excluding hydrogens is 422 g/mol. The number of aliphatic hydroxyl groups is 5. The van der Waals surface area contributed by atoms with Crippen LogP contribution in [0.4, 0.5) is 0 Å². The first-order valence-corrected chi connectivity index (χ1v) is 9.88. The van der Waals surface area contributed by atoms with Crippen LogP contribution in [0.15, 0.2) is 51.7 Å². The number of carbonyl (C=O) groups is 1. The van der Waals surface area contributed by atoms with Gasteiger partial charge in [0, 0.05) is 25.0 Å². The van der Waals surface area contributed by atoms with E-state index in [-0.39, 0.29) is 6.54 Å². The maximum Gasteiger partial charge on any atom is 0.344 e. The van der Waals surface area contributed by atoms with Crippen LogP contribution in [0, 0.1) is 0 Å². The number of rotatable bonds is 9. The smallest absolute Gasteiger partial charge is 0.344 e. The molecule has 2 aromatic carbocycles. The lowest BCUT2D eigenvalue weighted by Crippen LogP contribution is -2.50. The van der Waals surface area contributed by atoms with E-state index in [9.17, 15) is 30.0 Å². The van der Waals surface area contributed by atoms with Crippen molar-refractivity contribution in [1.82, 2.24) is 4.90 Å². The van der Waals surface area contributed by atoms with Gasteiger partial charge >= 0.3 is 5.63 Å². The summed E-state index contributed by atoms with van der Waals surface area (Å²) >= 11 is 0. The van der Waals surface area contributed by atoms with Gasteiger partial charge in [0.05, 0.1) is 12.0 Å². The number of carbonyl (C=O) groups excluding carboxylic acids is 1. The van der Waals surface area contributed by atoms with E-state index in [0.717, 1.165) is 15.7 Å². The molecule has 4 atom stereocenters. The molecule has 0 bridgehead atoms. The van der Waals surface area contributed by atoms with Crippen molar-refractivity contribution in [3.63, 3.8) is 0 Å². The van der Waals surface area contributed by atoms with Crippen molar-refractivity contribution in [2.24, 2.45) is 0 Å². The molecule has 0 unspecified atom stereocenters. The molecule has 1 heterocycles. The van der Waals surface area contributed by atoms with Crippen LogP contribution in [-0.4, -0.2) is 87.6 Å². The molecule has 0 radical (unpaired) electrons. The van der Waals surface area contributed by atoms with Crippen LogP contribution < -0.4 is 10.4 Å². The van der Waals surface area contributed by atoms with Crippen molar-refractivity contribution >= 4 is 27.6 Å². The van der Waals surface area contributed by atoms with Crippen molar-refractivity contribution < 1.29 is 39.5 Å². The van der Waals surface area contributed by atoms with Crippen molar-refractivity contribution in [1.29, 1.82) is 0 Å². The monoisotopic (exact) mass is 447 g/mol. The highest BCUT2D eigenvalue weighted by Crippen LogP contribution is 2.26. The number of likely N-dealkylation sites (N-methyl/N-ethyl adjacent to an activating group) is 1. The Morgan fingerprint density at radius 1 is 1.00 bits per heavy atom. The fraction of sp³-hybridized carbons (Fsp3) is 0.364. The number of hydrogen-bond donors (Lipinski definition) is 5. The summed E-state index contributed by atoms with van der Waals surface area (Å²) in [7, 11) is 1.36. The predicted octanol–water partition coefficient (Wildman–Crippen LogP) is -0.781. The maximum atomic E-state index is 12.3. The quantitative estimate of drug-likeness (QED) is 0.209. The number of benzene rings is 2. The molecule has 172 valence electrons. The summed E-state index contributed by atoms with van der Waals surface area (Å²) in [5.41, 5.74) is -0.177. The number of aliphatic hydroxyl groups excluding tert-OH is 5. The van der Waals surface area contributed by atoms with Crippen LogP contribution in [0.2, 0.25) is 0 Å². The zero-order valence-corrected chi connectivity index (χ0v) is 17.3. The second-order valence-corrected chi connectivity index (χ2v) is 7.45. The van der Waals surface area contributed by atoms with Crippen molar-refractivity contribution in [2.75, 3.05) is 26.8 Å². The van der Waals surface area contributed by atoms with E-state index < -0.39 is 49.2 Å². The van der Waals surface area contributed by atoms with Crippen LogP contribution in [-0.2, 0) is 4.79 Å². The molecule has 3 aromatic rings. The standard InChI is InChI=1S/C22H25NO9/c1-23(9-16(25)20(28)21(29)17(26)10-24)19(27)11-31-12-6-7-14-13-4-2-3-5-15(13)22(30)32-18(14)8-12/h2-8,16-17,20-21,24-26,28-29H,9-11H2,1H3/t16-,17-,20-,21-/m0/s1. The van der Waals surface area contributed by atoms with E-state index >= 15 is 0 Å². The van der Waals surface area contributed by atoms with Gasteiger partial charge in [-0.2, -0.15) is 0 Å². The number of ether oxygens (including phenoxy) is 1. The van der Waals surface area contributed by atoms with Gasteiger partial charge in [0.25, 0.3) is 5.91 Å². The highest BCUT2D eigenvalue weighted by molar-refractivity contribution is 6.04. The highest BCUT2D eigenvalue weighted by Gasteiger charge is 2.31. The summed E-state index contributed by atoms with van der Waals surface area (Å²) in [5, 5.41) is 49.6. The lowest BCUT2D eigenvalue weighted by Gasteiger charge is -2.28. The highest BCUT2D eigenvalue weighted by atomic mass is 16.5. The zero-order chi connectivity index (χ0) is 23.4. The fourth-order valence-corrected chi connectivity index (χ4v) is 3.26. The molecule has 0 saturated heterocycles. The molecule has 0 fully saturated rings. The van der Waals surface area contributed by atoms with Crippen molar-refractivity contribution in [3.05, 3.63) is 52.9 Å². The third-order valence-corrected chi connectivity index (χ3v) is 5.17. The van der Waals surface area contributed by atoms with E-state index in [4.69, 9.17) is 14.3 Å². The topological polar surface area (TPSA) is 161 Å². The summed E-state index contributed by atoms with van der Waals surface area (Å²) in [5.74, 6) is -0.242. The summed E-state index contributed by atoms with van der Waals surface area (Å²) < 4.78 is 10.8. The zero-order valence-electron chi connectivity index (χ0n) is 17.3. The van der Waals surface area contributed by atoms with E-state index in [2.05, 4.69) is 0 Å². The third-order valence-electron chi connectivity index (χ3n) is 5.17. The molecule has 10 nitrogen and oxygen atoms in total. The van der Waals surface area contributed by atoms with Crippen LogP contribution in [0.3, 0.4) is 0 Å². The van der Waals surface area contributed by atoms with Crippen LogP contribution in [0.25, 0.3) is 21.7 Å². The summed E-state index contributed by atoms with van der Waals surface area (Å²) in [6, 6.07) is 11.9. The normalized spacial score (nSPS) is 15.3. The van der Waals surface area contributed by atoms with E-state index in [1.165, 1.54) is 13.1 Å². The number of amides is 1. The molecule has 32 heavy (non-hydrogen) atoms. The second kappa shape index (κ2) is 10.1. The third kappa shape index (κ3) is 5.06. The molecule has 10 heteroatoms. The molecule has 0 aliphatic heterocycles. The maximum absolute atomic E-state index is 12.3. The van der Waals surface area contributed by atoms with Crippen LogP contribution in [0.5, 0.6) is 5.75 Å². The minimum Gasteiger partial charge on any atom is -0.484 e. The van der Waals surface area contributed by atoms with Crippen molar-refractivity contribution in [3.8, 4) is 5.75 Å². The summed E-state index contributed by atoms with van der Waals surface area (Å²) in [6.07, 6.45) is -6.75. The van der Waals surface area contributed by atoms with E-state index in [1.807, 2.05) is 12.1 Å². The average Bonchev–Trinajstić information content (AvgIpc) is 2.80. The van der Waals surface area contributed by atoms with E-state index in [1.54, 1.807) is 24.3 Å². The Morgan fingerprint density at radius 3 is 2.34 bits per heavy atom. The van der Waals surface area contributed by atoms with Gasteiger partial charge in [0.1, 0.15) is 35.7 Å². The molecule has 0 saturated carbocycles. The molecule has 0 aliphatic carbocycles. The van der Waals surface area contributed by atoms with Crippen molar-refractivity contribution in [2.45, 2.75) is 24.4 Å². The van der Waals surface area contributed by atoms with Gasteiger partial charge in [0.15, 0.2) is 6.61 Å². The Bertz CT molecular complexity index is 1150. The first-order chi connectivity index (χ1) is 15.2.